The molecular weight excluding hydrogens is 933 g/mol. The summed E-state index contributed by atoms with van der Waals surface area (Å²) in [5.41, 5.74) is 16.9. The van der Waals surface area contributed by atoms with Gasteiger partial charge in [0, 0.05) is 69.5 Å². The Kier molecular flexibility index (Phi) is 10.1. The van der Waals surface area contributed by atoms with Gasteiger partial charge in [0.25, 0.3) is 0 Å². The van der Waals surface area contributed by atoms with Gasteiger partial charge in [-0.05, 0) is 88.7 Å². The van der Waals surface area contributed by atoms with Crippen molar-refractivity contribution < 1.29 is 4.42 Å². The van der Waals surface area contributed by atoms with Gasteiger partial charge in [-0.15, -0.1) is 11.3 Å². The highest BCUT2D eigenvalue weighted by Crippen LogP contribution is 2.49. The van der Waals surface area contributed by atoms with Crippen LogP contribution in [-0.4, -0.2) is 19.5 Å². The van der Waals surface area contributed by atoms with E-state index in [1.807, 2.05) is 53.8 Å². The number of para-hydroxylation sites is 2. The minimum Gasteiger partial charge on any atom is -0.456 e. The van der Waals surface area contributed by atoms with Gasteiger partial charge in [-0.25, -0.2) is 15.0 Å². The van der Waals surface area contributed by atoms with Crippen molar-refractivity contribution in [2.45, 2.75) is 12.8 Å². The van der Waals surface area contributed by atoms with Gasteiger partial charge in [-0.1, -0.05) is 200 Å². The summed E-state index contributed by atoms with van der Waals surface area (Å²) in [5, 5.41) is 7.22. The Morgan fingerprint density at radius 3 is 1.53 bits per heavy atom. The topological polar surface area (TPSA) is 56.7 Å². The average Bonchev–Trinajstić information content (AvgIpc) is 4.17. The van der Waals surface area contributed by atoms with E-state index in [0.29, 0.717) is 17.5 Å². The van der Waals surface area contributed by atoms with Crippen LogP contribution in [0.3, 0.4) is 0 Å². The molecule has 0 atom stereocenters. The van der Waals surface area contributed by atoms with Crippen molar-refractivity contribution in [3.05, 3.63) is 248 Å². The van der Waals surface area contributed by atoms with Gasteiger partial charge in [0.2, 0.25) is 0 Å². The second kappa shape index (κ2) is 17.6. The summed E-state index contributed by atoms with van der Waals surface area (Å²) in [6, 6.07) is 80.3. The van der Waals surface area contributed by atoms with Gasteiger partial charge in [0.15, 0.2) is 17.5 Å². The van der Waals surface area contributed by atoms with Crippen LogP contribution in [0.2, 0.25) is 0 Å². The number of allylic oxidation sites excluding steroid dienone is 4. The van der Waals surface area contributed by atoms with E-state index < -0.39 is 0 Å². The molecule has 0 saturated heterocycles. The fraction of sp³-hybridized carbons (Fsp3) is 0.0290. The molecule has 0 spiro atoms. The number of benzene rings is 10. The molecule has 0 fully saturated rings. The van der Waals surface area contributed by atoms with Crippen molar-refractivity contribution in [1.82, 2.24) is 19.5 Å². The summed E-state index contributed by atoms with van der Waals surface area (Å²) < 4.78 is 11.5. The summed E-state index contributed by atoms with van der Waals surface area (Å²) >= 11 is 1.87. The summed E-state index contributed by atoms with van der Waals surface area (Å²) in [4.78, 5) is 15.8. The molecule has 0 aliphatic heterocycles. The van der Waals surface area contributed by atoms with E-state index in [-0.39, 0.29) is 0 Å². The van der Waals surface area contributed by atoms with Crippen molar-refractivity contribution in [3.63, 3.8) is 0 Å². The van der Waals surface area contributed by atoms with Gasteiger partial charge in [-0.2, -0.15) is 0 Å². The summed E-state index contributed by atoms with van der Waals surface area (Å²) in [5.74, 6) is 1.83. The van der Waals surface area contributed by atoms with Crippen molar-refractivity contribution >= 4 is 80.8 Å². The first-order valence-electron chi connectivity index (χ1n) is 25.6. The Hall–Kier alpha value is -9.49. The van der Waals surface area contributed by atoms with Crippen molar-refractivity contribution in [1.29, 1.82) is 0 Å². The molecule has 0 bridgehead atoms. The lowest BCUT2D eigenvalue weighted by atomic mass is 9.90. The SMILES string of the molecule is C1=CC(c2ccc(-c3cc(-c4nc(-c5ccccc5)nc(-c5ccccc5)n4)cc(-c4ccc(-c5ccccc5)cc4)c3-n3c4ccccc4c4c5sc6c(ccc7oc8ccccc8c76)c5ccc43)cc2)=CCC1. The molecule has 0 N–H and O–H groups in total. The van der Waals surface area contributed by atoms with Gasteiger partial charge in [0.1, 0.15) is 11.2 Å². The van der Waals surface area contributed by atoms with Crippen LogP contribution >= 0.6 is 11.3 Å². The Morgan fingerprint density at radius 2 is 0.893 bits per heavy atom. The third-order valence-corrected chi connectivity index (χ3v) is 16.2. The molecule has 0 saturated carbocycles. The normalized spacial score (nSPS) is 12.7. The Morgan fingerprint density at radius 1 is 0.373 bits per heavy atom. The number of furan rings is 1. The van der Waals surface area contributed by atoms with Gasteiger partial charge in [-0.3, -0.25) is 0 Å². The fourth-order valence-electron chi connectivity index (χ4n) is 11.3. The summed E-state index contributed by atoms with van der Waals surface area (Å²) in [6.45, 7) is 0. The standard InChI is InChI=1S/C69H44N4OS/c1-5-17-43(18-6-1)45-29-33-47(34-30-45)56-41-51(69-71-67(49-21-9-3-10-22-49)70-68(72-69)50-23-11-4-12-24-50)42-57(48-35-31-46(32-36-48)44-19-7-2-8-20-44)64(56)73-58-27-15-13-25-54(58)62-59(73)39-37-52-53-38-40-61-63(66(53)75-65(52)62)55-26-14-16-28-60(55)74-61/h1,3-7,9-42H,2,8H2. The summed E-state index contributed by atoms with van der Waals surface area (Å²) in [7, 11) is 0. The number of thiophene rings is 1. The number of hydrogen-bond acceptors (Lipinski definition) is 5. The highest BCUT2D eigenvalue weighted by atomic mass is 32.1. The number of fused-ring (bicyclic) bond motifs is 11. The van der Waals surface area contributed by atoms with E-state index in [1.54, 1.807) is 0 Å². The Bertz CT molecular complexity index is 4550. The number of hydrogen-bond donors (Lipinski definition) is 0. The van der Waals surface area contributed by atoms with Crippen molar-refractivity contribution in [2.75, 3.05) is 0 Å². The number of rotatable bonds is 8. The van der Waals surface area contributed by atoms with Gasteiger partial charge in [0.05, 0.1) is 16.7 Å². The van der Waals surface area contributed by atoms with E-state index in [4.69, 9.17) is 19.4 Å². The lowest BCUT2D eigenvalue weighted by Gasteiger charge is -2.21. The predicted molar refractivity (Wildman–Crippen MR) is 313 cm³/mol. The highest BCUT2D eigenvalue weighted by Gasteiger charge is 2.26. The quantitative estimate of drug-likeness (QED) is 0.152. The smallest absolute Gasteiger partial charge is 0.164 e. The van der Waals surface area contributed by atoms with Gasteiger partial charge < -0.3 is 8.98 Å². The lowest BCUT2D eigenvalue weighted by molar-refractivity contribution is 0.669. The van der Waals surface area contributed by atoms with Crippen LogP contribution in [0.1, 0.15) is 18.4 Å². The molecule has 352 valence electrons. The first-order valence-corrected chi connectivity index (χ1v) is 26.4. The first kappa shape index (κ1) is 43.1. The zero-order chi connectivity index (χ0) is 49.4. The molecule has 0 unspecified atom stereocenters. The van der Waals surface area contributed by atoms with Crippen LogP contribution in [0, 0.1) is 0 Å². The number of nitrogens with zero attached hydrogens (tertiary/aromatic N) is 4. The van der Waals surface area contributed by atoms with Gasteiger partial charge >= 0.3 is 0 Å². The maximum absolute atomic E-state index is 6.44. The second-order valence-corrected chi connectivity index (χ2v) is 20.3. The molecule has 4 aromatic heterocycles. The van der Waals surface area contributed by atoms with Crippen LogP contribution in [0.15, 0.2) is 247 Å². The van der Waals surface area contributed by atoms with Crippen molar-refractivity contribution in [3.8, 4) is 73.2 Å². The molecular formula is C69H44N4OS. The molecule has 0 radical (unpaired) electrons. The highest BCUT2D eigenvalue weighted by molar-refractivity contribution is 7.27. The lowest BCUT2D eigenvalue weighted by Crippen LogP contribution is -2.04. The zero-order valence-electron chi connectivity index (χ0n) is 40.6. The Labute approximate surface area is 436 Å². The minimum atomic E-state index is 0.596. The van der Waals surface area contributed by atoms with Crippen LogP contribution in [-0.2, 0) is 0 Å². The predicted octanol–water partition coefficient (Wildman–Crippen LogP) is 19.0. The molecule has 15 rings (SSSR count). The van der Waals surface area contributed by atoms with Crippen LogP contribution in [0.5, 0.6) is 0 Å². The van der Waals surface area contributed by atoms with Crippen molar-refractivity contribution in [2.24, 2.45) is 0 Å². The molecule has 0 amide bonds. The molecule has 1 aliphatic rings. The van der Waals surface area contributed by atoms with E-state index in [9.17, 15) is 0 Å². The average molecular weight is 977 g/mol. The van der Waals surface area contributed by atoms with E-state index in [1.165, 1.54) is 53.0 Å². The maximum atomic E-state index is 6.44. The monoisotopic (exact) mass is 976 g/mol. The molecule has 4 heterocycles. The number of aromatic nitrogens is 4. The van der Waals surface area contributed by atoms with E-state index in [0.717, 1.165) is 90.6 Å². The molecule has 6 heteroatoms. The molecule has 5 nitrogen and oxygen atoms in total. The zero-order valence-corrected chi connectivity index (χ0v) is 41.4. The maximum Gasteiger partial charge on any atom is 0.164 e. The Balaban J connectivity index is 1.05. The van der Waals surface area contributed by atoms with E-state index in [2.05, 4.69) is 205 Å². The van der Waals surface area contributed by atoms with Crippen LogP contribution < -0.4 is 0 Å². The molecule has 10 aromatic carbocycles. The van der Waals surface area contributed by atoms with Crippen LogP contribution in [0.4, 0.5) is 0 Å². The third kappa shape index (κ3) is 7.25. The molecule has 14 aromatic rings. The third-order valence-electron chi connectivity index (χ3n) is 14.9. The van der Waals surface area contributed by atoms with Crippen LogP contribution in [0.25, 0.3) is 143 Å². The van der Waals surface area contributed by atoms with E-state index >= 15 is 0 Å². The molecule has 75 heavy (non-hydrogen) atoms. The summed E-state index contributed by atoms with van der Waals surface area (Å²) in [6.07, 6.45) is 8.99. The molecule has 1 aliphatic carbocycles. The fourth-order valence-corrected chi connectivity index (χ4v) is 12.7. The largest absolute Gasteiger partial charge is 0.456 e. The first-order chi connectivity index (χ1) is 37.2. The minimum absolute atomic E-state index is 0.596. The second-order valence-electron chi connectivity index (χ2n) is 19.3.